The molecule has 1 fully saturated rings. The Balaban J connectivity index is 1.64. The van der Waals surface area contributed by atoms with Crippen LogP contribution in [0.2, 0.25) is 5.02 Å². The van der Waals surface area contributed by atoms with Crippen molar-refractivity contribution in [2.24, 2.45) is 10.9 Å². The maximum Gasteiger partial charge on any atom is 0.265 e. The maximum atomic E-state index is 12.9. The largest absolute Gasteiger partial charge is 0.384 e. The lowest BCUT2D eigenvalue weighted by atomic mass is 10.2. The minimum absolute atomic E-state index is 0.0736. The van der Waals surface area contributed by atoms with Gasteiger partial charge in [0.05, 0.1) is 18.1 Å². The molecule has 0 spiro atoms. The number of sulfonamides is 1. The summed E-state index contributed by atoms with van der Waals surface area (Å²) in [6, 6.07) is 11.4. The topological polar surface area (TPSA) is 123 Å². The number of oxime groups is 1. The van der Waals surface area contributed by atoms with Crippen LogP contribution in [0.15, 0.2) is 52.5 Å². The van der Waals surface area contributed by atoms with Crippen molar-refractivity contribution >= 4 is 39.1 Å². The number of hydrogen-bond acceptors (Lipinski definition) is 6. The van der Waals surface area contributed by atoms with Crippen LogP contribution < -0.4 is 11.1 Å². The molecule has 3 N–H and O–H groups in total. The van der Waals surface area contributed by atoms with E-state index in [0.717, 1.165) is 0 Å². The highest BCUT2D eigenvalue weighted by Crippen LogP contribution is 2.24. The van der Waals surface area contributed by atoms with Gasteiger partial charge >= 0.3 is 0 Å². The van der Waals surface area contributed by atoms with Crippen LogP contribution in [0.25, 0.3) is 0 Å². The number of rotatable bonds is 7. The summed E-state index contributed by atoms with van der Waals surface area (Å²) >= 11 is 5.90. The summed E-state index contributed by atoms with van der Waals surface area (Å²) in [5, 5.41) is 6.81. The van der Waals surface area contributed by atoms with Crippen LogP contribution in [-0.2, 0) is 24.4 Å². The highest BCUT2D eigenvalue weighted by molar-refractivity contribution is 7.89. The van der Waals surface area contributed by atoms with Gasteiger partial charge in [0.2, 0.25) is 10.0 Å². The average Bonchev–Trinajstić information content (AvgIpc) is 2.75. The van der Waals surface area contributed by atoms with Gasteiger partial charge in [-0.1, -0.05) is 35.0 Å². The second-order valence-corrected chi connectivity index (χ2v) is 9.15. The number of anilines is 1. The van der Waals surface area contributed by atoms with Crippen LogP contribution in [0.3, 0.4) is 0 Å². The van der Waals surface area contributed by atoms with Gasteiger partial charge in [-0.25, -0.2) is 8.42 Å². The van der Waals surface area contributed by atoms with Crippen LogP contribution in [0.1, 0.15) is 11.1 Å². The monoisotopic (exact) mass is 466 g/mol. The first-order valence-electron chi connectivity index (χ1n) is 9.47. The van der Waals surface area contributed by atoms with Gasteiger partial charge in [-0.3, -0.25) is 4.79 Å². The maximum absolute atomic E-state index is 12.9. The summed E-state index contributed by atoms with van der Waals surface area (Å²) < 4.78 is 32.5. The van der Waals surface area contributed by atoms with Crippen molar-refractivity contribution in [1.82, 2.24) is 4.31 Å². The van der Waals surface area contributed by atoms with Gasteiger partial charge in [0, 0.05) is 29.4 Å². The molecule has 0 aromatic heterocycles. The van der Waals surface area contributed by atoms with Gasteiger partial charge in [0.25, 0.3) is 5.91 Å². The third kappa shape index (κ3) is 5.95. The number of carbonyl (C=O) groups is 1. The van der Waals surface area contributed by atoms with Crippen molar-refractivity contribution in [2.75, 3.05) is 38.2 Å². The van der Waals surface area contributed by atoms with Gasteiger partial charge in [0.1, 0.15) is 0 Å². The number of benzene rings is 2. The lowest BCUT2D eigenvalue weighted by molar-refractivity contribution is -0.120. The second-order valence-electron chi connectivity index (χ2n) is 6.81. The zero-order chi connectivity index (χ0) is 22.4. The highest BCUT2D eigenvalue weighted by atomic mass is 35.5. The third-order valence-corrected chi connectivity index (χ3v) is 6.81. The normalized spacial score (nSPS) is 15.5. The van der Waals surface area contributed by atoms with E-state index in [9.17, 15) is 13.2 Å². The van der Waals surface area contributed by atoms with Crippen molar-refractivity contribution in [3.05, 3.63) is 58.6 Å². The molecule has 0 unspecified atom stereocenters. The third-order valence-electron chi connectivity index (χ3n) is 4.54. The first kappa shape index (κ1) is 23.0. The number of halogens is 1. The molecule has 1 amide bonds. The molecule has 166 valence electrons. The summed E-state index contributed by atoms with van der Waals surface area (Å²) in [5.74, 6) is -0.439. The summed E-state index contributed by atoms with van der Waals surface area (Å²) in [6.07, 6.45) is 0. The number of amidine groups is 1. The van der Waals surface area contributed by atoms with Gasteiger partial charge in [0.15, 0.2) is 12.4 Å². The lowest BCUT2D eigenvalue weighted by Gasteiger charge is -2.26. The quantitative estimate of drug-likeness (QED) is 0.365. The van der Waals surface area contributed by atoms with Gasteiger partial charge < -0.3 is 20.6 Å². The minimum atomic E-state index is -3.69. The fourth-order valence-corrected chi connectivity index (χ4v) is 4.79. The van der Waals surface area contributed by atoms with Crippen LogP contribution in [0.4, 0.5) is 5.69 Å². The van der Waals surface area contributed by atoms with Gasteiger partial charge in [-0.15, -0.1) is 0 Å². The number of nitrogens with zero attached hydrogens (tertiary/aromatic N) is 2. The molecular formula is C20H23ClN4O5S. The molecule has 0 radical (unpaired) electrons. The minimum Gasteiger partial charge on any atom is -0.384 e. The molecule has 0 saturated carbocycles. The Morgan fingerprint density at radius 1 is 1.26 bits per heavy atom. The van der Waals surface area contributed by atoms with Crippen molar-refractivity contribution in [3.63, 3.8) is 0 Å². The molecule has 1 aliphatic heterocycles. The van der Waals surface area contributed by atoms with E-state index >= 15 is 0 Å². The first-order chi connectivity index (χ1) is 14.8. The van der Waals surface area contributed by atoms with E-state index in [-0.39, 0.29) is 23.8 Å². The molecule has 31 heavy (non-hydrogen) atoms. The van der Waals surface area contributed by atoms with Crippen molar-refractivity contribution < 1.29 is 22.8 Å². The Bertz CT molecular complexity index is 1080. The summed E-state index contributed by atoms with van der Waals surface area (Å²) in [4.78, 5) is 17.3. The molecule has 2 aromatic rings. The molecule has 1 aliphatic rings. The number of amides is 1. The van der Waals surface area contributed by atoms with E-state index in [1.807, 2.05) is 0 Å². The van der Waals surface area contributed by atoms with Gasteiger partial charge in [-0.2, -0.15) is 4.31 Å². The van der Waals surface area contributed by atoms with E-state index in [1.54, 1.807) is 43.3 Å². The molecule has 1 heterocycles. The summed E-state index contributed by atoms with van der Waals surface area (Å²) in [6.45, 7) is 2.59. The van der Waals surface area contributed by atoms with Crippen molar-refractivity contribution in [2.45, 2.75) is 11.8 Å². The average molecular weight is 467 g/mol. The number of nitrogens with one attached hydrogen (secondary N) is 1. The number of ether oxygens (including phenoxy) is 1. The van der Waals surface area contributed by atoms with E-state index in [2.05, 4.69) is 10.5 Å². The highest BCUT2D eigenvalue weighted by Gasteiger charge is 2.28. The number of morpholine rings is 1. The number of hydrogen-bond donors (Lipinski definition) is 2. The van der Waals surface area contributed by atoms with Crippen LogP contribution in [0, 0.1) is 6.92 Å². The first-order valence-corrected chi connectivity index (χ1v) is 11.3. The zero-order valence-electron chi connectivity index (χ0n) is 16.9. The van der Waals surface area contributed by atoms with Crippen LogP contribution in [0.5, 0.6) is 0 Å². The molecule has 11 heteroatoms. The Morgan fingerprint density at radius 2 is 2.00 bits per heavy atom. The Hall–Kier alpha value is -2.66. The van der Waals surface area contributed by atoms with E-state index < -0.39 is 22.5 Å². The number of nitrogens with two attached hydrogens (primary N) is 1. The van der Waals surface area contributed by atoms with Crippen LogP contribution in [-0.4, -0.2) is 57.4 Å². The molecule has 0 bridgehead atoms. The second kappa shape index (κ2) is 10.1. The fraction of sp³-hybridized carbons (Fsp3) is 0.300. The van der Waals surface area contributed by atoms with E-state index in [1.165, 1.54) is 10.4 Å². The molecule has 9 nitrogen and oxygen atoms in total. The molecular weight excluding hydrogens is 444 g/mol. The molecule has 2 aromatic carbocycles. The molecule has 3 rings (SSSR count). The van der Waals surface area contributed by atoms with E-state index in [0.29, 0.717) is 35.1 Å². The SMILES string of the molecule is Cc1ccc(NC(=O)CO/N=C(/N)c2cccc(Cl)c2)cc1S(=O)(=O)N1CCOCC1. The number of aryl methyl sites for hydroxylation is 1. The van der Waals surface area contributed by atoms with Crippen molar-refractivity contribution in [3.8, 4) is 0 Å². The Labute approximate surface area is 185 Å². The van der Waals surface area contributed by atoms with Crippen molar-refractivity contribution in [1.29, 1.82) is 0 Å². The smallest absolute Gasteiger partial charge is 0.265 e. The standard InChI is InChI=1S/C20H23ClN4O5S/c1-14-5-6-17(12-18(14)31(27,28)25-7-9-29-10-8-25)23-19(26)13-30-24-20(22)15-3-2-4-16(21)11-15/h2-6,11-12H,7-10,13H2,1H3,(H2,22,24)(H,23,26). The molecule has 1 saturated heterocycles. The predicted octanol–water partition coefficient (Wildman–Crippen LogP) is 1.94. The predicted molar refractivity (Wildman–Crippen MR) is 118 cm³/mol. The van der Waals surface area contributed by atoms with E-state index in [4.69, 9.17) is 26.9 Å². The van der Waals surface area contributed by atoms with Crippen LogP contribution >= 0.6 is 11.6 Å². The van der Waals surface area contributed by atoms with Gasteiger partial charge in [-0.05, 0) is 36.8 Å². The molecule has 0 aliphatic carbocycles. The Kier molecular flexibility index (Phi) is 7.50. The summed E-state index contributed by atoms with van der Waals surface area (Å²) in [5.41, 5.74) is 7.29. The number of carbonyl (C=O) groups excluding carboxylic acids is 1. The Morgan fingerprint density at radius 3 is 2.71 bits per heavy atom. The fourth-order valence-electron chi connectivity index (χ4n) is 2.94. The zero-order valence-corrected chi connectivity index (χ0v) is 18.4. The molecule has 0 atom stereocenters. The lowest BCUT2D eigenvalue weighted by Crippen LogP contribution is -2.40. The summed E-state index contributed by atoms with van der Waals surface area (Å²) in [7, 11) is -3.69.